The van der Waals surface area contributed by atoms with Crippen LogP contribution in [0.25, 0.3) is 10.7 Å². The molecule has 0 spiro atoms. The Hall–Kier alpha value is -1.54. The van der Waals surface area contributed by atoms with Gasteiger partial charge in [0.15, 0.2) is 5.82 Å². The molecule has 0 aliphatic rings. The summed E-state index contributed by atoms with van der Waals surface area (Å²) in [6.07, 6.45) is 0. The molecule has 2 rings (SSSR count). The Kier molecular flexibility index (Phi) is 4.66. The highest BCUT2D eigenvalue weighted by Crippen LogP contribution is 2.27. The van der Waals surface area contributed by atoms with Crippen LogP contribution in [0.4, 0.5) is 0 Å². The molecule has 0 radical (unpaired) electrons. The summed E-state index contributed by atoms with van der Waals surface area (Å²) in [6.45, 7) is 5.67. The summed E-state index contributed by atoms with van der Waals surface area (Å²) in [6, 6.07) is 3.98. The minimum absolute atomic E-state index is 0.0364. The van der Waals surface area contributed by atoms with Crippen LogP contribution >= 0.6 is 23.1 Å². The number of hydrogen-bond donors (Lipinski definition) is 2. The molecule has 0 aromatic carbocycles. The van der Waals surface area contributed by atoms with Gasteiger partial charge in [-0.25, -0.2) is 4.68 Å². The van der Waals surface area contributed by atoms with E-state index >= 15 is 0 Å². The molecule has 20 heavy (non-hydrogen) atoms. The van der Waals surface area contributed by atoms with E-state index in [0.29, 0.717) is 11.0 Å². The molecule has 0 saturated carbocycles. The molecule has 0 aliphatic heterocycles. The van der Waals surface area contributed by atoms with E-state index in [2.05, 4.69) is 15.5 Å². The normalized spacial score (nSPS) is 12.6. The van der Waals surface area contributed by atoms with Crippen molar-refractivity contribution in [2.75, 3.05) is 5.84 Å². The fourth-order valence-corrected chi connectivity index (χ4v) is 3.03. The lowest BCUT2D eigenvalue weighted by Crippen LogP contribution is -2.36. The second kappa shape index (κ2) is 6.27. The predicted molar refractivity (Wildman–Crippen MR) is 82.1 cm³/mol. The van der Waals surface area contributed by atoms with Crippen molar-refractivity contribution in [1.82, 2.24) is 20.2 Å². The Bertz CT molecular complexity index is 579. The predicted octanol–water partition coefficient (Wildman–Crippen LogP) is 1.73. The number of thioether (sulfide) groups is 1. The zero-order valence-electron chi connectivity index (χ0n) is 11.5. The van der Waals surface area contributed by atoms with E-state index in [1.54, 1.807) is 11.3 Å². The molecule has 0 bridgehead atoms. The largest absolute Gasteiger partial charge is 0.353 e. The van der Waals surface area contributed by atoms with Gasteiger partial charge in [0.05, 0.1) is 10.1 Å². The average molecular weight is 311 g/mol. The summed E-state index contributed by atoms with van der Waals surface area (Å²) in [4.78, 5) is 12.8. The molecule has 1 atom stereocenters. The van der Waals surface area contributed by atoms with Crippen LogP contribution in [0.3, 0.4) is 0 Å². The second-order valence-electron chi connectivity index (χ2n) is 4.58. The van der Waals surface area contributed by atoms with Gasteiger partial charge in [0, 0.05) is 6.04 Å². The number of carbonyl (C=O) groups is 1. The Morgan fingerprint density at radius 1 is 1.45 bits per heavy atom. The van der Waals surface area contributed by atoms with Crippen molar-refractivity contribution in [3.05, 3.63) is 17.5 Å². The highest BCUT2D eigenvalue weighted by Gasteiger charge is 2.20. The van der Waals surface area contributed by atoms with Gasteiger partial charge in [0.2, 0.25) is 11.1 Å². The number of nitrogens with two attached hydrogens (primary N) is 1. The van der Waals surface area contributed by atoms with Crippen molar-refractivity contribution in [1.29, 1.82) is 0 Å². The molecule has 3 N–H and O–H groups in total. The summed E-state index contributed by atoms with van der Waals surface area (Å²) in [7, 11) is 0. The topological polar surface area (TPSA) is 85.8 Å². The third kappa shape index (κ3) is 3.31. The number of carbonyl (C=O) groups excluding carboxylic acids is 1. The zero-order valence-corrected chi connectivity index (χ0v) is 13.2. The summed E-state index contributed by atoms with van der Waals surface area (Å²) in [5, 5.41) is 13.2. The number of nitrogens with zero attached hydrogens (tertiary/aromatic N) is 3. The Morgan fingerprint density at radius 2 is 2.20 bits per heavy atom. The maximum absolute atomic E-state index is 11.9. The summed E-state index contributed by atoms with van der Waals surface area (Å²) in [5.41, 5.74) is 0. The van der Waals surface area contributed by atoms with Gasteiger partial charge in [-0.3, -0.25) is 4.79 Å². The summed E-state index contributed by atoms with van der Waals surface area (Å²) in [5.74, 6) is 6.56. The molecule has 2 aromatic heterocycles. The second-order valence-corrected chi connectivity index (χ2v) is 6.83. The molecule has 8 heteroatoms. The highest BCUT2D eigenvalue weighted by molar-refractivity contribution is 8.00. The van der Waals surface area contributed by atoms with Crippen LogP contribution in [0.15, 0.2) is 22.7 Å². The third-order valence-corrected chi connectivity index (χ3v) is 4.41. The van der Waals surface area contributed by atoms with E-state index in [1.165, 1.54) is 16.4 Å². The van der Waals surface area contributed by atoms with E-state index in [1.807, 2.05) is 38.3 Å². The van der Waals surface area contributed by atoms with Crippen LogP contribution < -0.4 is 11.2 Å². The van der Waals surface area contributed by atoms with Crippen molar-refractivity contribution in [2.45, 2.75) is 37.2 Å². The first-order valence-electron chi connectivity index (χ1n) is 6.20. The number of aromatic nitrogens is 3. The van der Waals surface area contributed by atoms with Gasteiger partial charge >= 0.3 is 0 Å². The van der Waals surface area contributed by atoms with E-state index in [4.69, 9.17) is 5.84 Å². The van der Waals surface area contributed by atoms with E-state index in [-0.39, 0.29) is 17.2 Å². The van der Waals surface area contributed by atoms with Crippen molar-refractivity contribution >= 4 is 29.0 Å². The smallest absolute Gasteiger partial charge is 0.233 e. The van der Waals surface area contributed by atoms with Gasteiger partial charge in [-0.1, -0.05) is 17.8 Å². The minimum Gasteiger partial charge on any atom is -0.353 e. The molecule has 2 heterocycles. The molecule has 108 valence electrons. The fourth-order valence-electron chi connectivity index (χ4n) is 1.54. The molecular formula is C12H17N5OS2. The van der Waals surface area contributed by atoms with Crippen molar-refractivity contribution in [2.24, 2.45) is 0 Å². The molecular weight excluding hydrogens is 294 g/mol. The summed E-state index contributed by atoms with van der Waals surface area (Å²) < 4.78 is 1.43. The first-order valence-corrected chi connectivity index (χ1v) is 7.96. The van der Waals surface area contributed by atoms with Crippen LogP contribution in [0, 0.1) is 0 Å². The number of nitrogens with one attached hydrogen (secondary N) is 1. The fraction of sp³-hybridized carbons (Fsp3) is 0.417. The quantitative estimate of drug-likeness (QED) is 0.649. The van der Waals surface area contributed by atoms with Crippen LogP contribution in [0.5, 0.6) is 0 Å². The Morgan fingerprint density at radius 3 is 2.80 bits per heavy atom. The monoisotopic (exact) mass is 311 g/mol. The highest BCUT2D eigenvalue weighted by atomic mass is 32.2. The lowest BCUT2D eigenvalue weighted by Gasteiger charge is -2.13. The van der Waals surface area contributed by atoms with E-state index in [9.17, 15) is 4.79 Å². The molecule has 0 fully saturated rings. The van der Waals surface area contributed by atoms with Crippen molar-refractivity contribution in [3.63, 3.8) is 0 Å². The van der Waals surface area contributed by atoms with Crippen LogP contribution in [-0.2, 0) is 4.79 Å². The number of thiophene rings is 1. The molecule has 0 saturated heterocycles. The summed E-state index contributed by atoms with van der Waals surface area (Å²) >= 11 is 2.84. The third-order valence-electron chi connectivity index (χ3n) is 2.49. The number of amides is 1. The maximum atomic E-state index is 11.9. The van der Waals surface area contributed by atoms with Crippen molar-refractivity contribution in [3.8, 4) is 10.7 Å². The molecule has 6 nitrogen and oxygen atoms in total. The van der Waals surface area contributed by atoms with Crippen LogP contribution in [0.1, 0.15) is 20.8 Å². The van der Waals surface area contributed by atoms with Gasteiger partial charge in [-0.2, -0.15) is 0 Å². The molecule has 2 aromatic rings. The van der Waals surface area contributed by atoms with Gasteiger partial charge in [-0.05, 0) is 32.2 Å². The first-order chi connectivity index (χ1) is 9.49. The molecule has 1 unspecified atom stereocenters. The SMILES string of the molecule is CC(C)NC(=O)C(C)Sc1nnc(-c2cccs2)n1N. The first kappa shape index (κ1) is 14.9. The molecule has 1 amide bonds. The van der Waals surface area contributed by atoms with E-state index < -0.39 is 0 Å². The lowest BCUT2D eigenvalue weighted by atomic mass is 10.3. The van der Waals surface area contributed by atoms with Crippen LogP contribution in [-0.4, -0.2) is 32.1 Å². The zero-order chi connectivity index (χ0) is 14.7. The van der Waals surface area contributed by atoms with Gasteiger partial charge in [0.1, 0.15) is 0 Å². The van der Waals surface area contributed by atoms with Gasteiger partial charge in [-0.15, -0.1) is 21.5 Å². The maximum Gasteiger partial charge on any atom is 0.233 e. The lowest BCUT2D eigenvalue weighted by molar-refractivity contribution is -0.120. The average Bonchev–Trinajstić information content (AvgIpc) is 2.99. The van der Waals surface area contributed by atoms with Gasteiger partial charge < -0.3 is 11.2 Å². The van der Waals surface area contributed by atoms with Crippen molar-refractivity contribution < 1.29 is 4.79 Å². The van der Waals surface area contributed by atoms with Crippen LogP contribution in [0.2, 0.25) is 0 Å². The molecule has 0 aliphatic carbocycles. The standard InChI is InChI=1S/C12H17N5OS2/c1-7(2)14-11(18)8(3)20-12-16-15-10(17(12)13)9-5-4-6-19-9/h4-8H,13H2,1-3H3,(H,14,18). The number of rotatable bonds is 5. The Labute approximate surface area is 125 Å². The number of nitrogen functional groups attached to an aromatic ring is 1. The van der Waals surface area contributed by atoms with E-state index in [0.717, 1.165) is 4.88 Å². The van der Waals surface area contributed by atoms with Gasteiger partial charge in [0.25, 0.3) is 0 Å². The Balaban J connectivity index is 2.09. The number of hydrogen-bond acceptors (Lipinski definition) is 6. The minimum atomic E-state index is -0.278.